The summed E-state index contributed by atoms with van der Waals surface area (Å²) in [6.07, 6.45) is 1.92. The molecule has 0 aliphatic heterocycles. The van der Waals surface area contributed by atoms with E-state index in [4.69, 9.17) is 0 Å². The van der Waals surface area contributed by atoms with Crippen molar-refractivity contribution >= 4 is 5.91 Å². The van der Waals surface area contributed by atoms with Crippen molar-refractivity contribution in [3.05, 3.63) is 11.6 Å². The molecule has 0 aromatic rings. The van der Waals surface area contributed by atoms with Crippen LogP contribution >= 0.6 is 0 Å². The lowest BCUT2D eigenvalue weighted by Gasteiger charge is -2.21. The zero-order valence-electron chi connectivity index (χ0n) is 9.42. The van der Waals surface area contributed by atoms with Crippen molar-refractivity contribution in [1.29, 1.82) is 0 Å². The van der Waals surface area contributed by atoms with Gasteiger partial charge in [-0.05, 0) is 26.7 Å². The molecular weight excluding hydrogens is 162 g/mol. The lowest BCUT2D eigenvalue weighted by molar-refractivity contribution is -0.127. The van der Waals surface area contributed by atoms with Gasteiger partial charge in [-0.25, -0.2) is 0 Å². The number of hydrogen-bond acceptors (Lipinski definition) is 1. The summed E-state index contributed by atoms with van der Waals surface area (Å²) >= 11 is 0. The number of amides is 1. The van der Waals surface area contributed by atoms with Crippen molar-refractivity contribution in [1.82, 2.24) is 4.90 Å². The molecule has 0 atom stereocenters. The molecule has 0 saturated carbocycles. The summed E-state index contributed by atoms with van der Waals surface area (Å²) in [5.74, 6) is 0.501. The average Bonchev–Trinajstić information content (AvgIpc) is 2.07. The van der Waals surface area contributed by atoms with Crippen LogP contribution in [0.3, 0.4) is 0 Å². The van der Waals surface area contributed by atoms with Crippen LogP contribution in [0.4, 0.5) is 0 Å². The van der Waals surface area contributed by atoms with Crippen molar-refractivity contribution < 1.29 is 4.79 Å². The first kappa shape index (κ1) is 12.2. The molecule has 0 unspecified atom stereocenters. The fraction of sp³-hybridized carbons (Fsp3) is 0.727. The van der Waals surface area contributed by atoms with Crippen LogP contribution in [0.1, 0.15) is 34.6 Å². The van der Waals surface area contributed by atoms with Gasteiger partial charge in [-0.3, -0.25) is 4.79 Å². The maximum Gasteiger partial charge on any atom is 0.249 e. The van der Waals surface area contributed by atoms with Crippen LogP contribution in [0.15, 0.2) is 11.6 Å². The molecule has 1 amide bonds. The Kier molecular flexibility index (Phi) is 5.44. The van der Waals surface area contributed by atoms with Crippen LogP contribution in [0, 0.1) is 5.92 Å². The van der Waals surface area contributed by atoms with E-state index in [-0.39, 0.29) is 5.91 Å². The minimum Gasteiger partial charge on any atom is -0.339 e. The number of rotatable bonds is 4. The van der Waals surface area contributed by atoms with E-state index in [1.165, 1.54) is 0 Å². The fourth-order valence-electron chi connectivity index (χ4n) is 1.40. The van der Waals surface area contributed by atoms with Crippen LogP contribution in [-0.4, -0.2) is 23.9 Å². The topological polar surface area (TPSA) is 20.3 Å². The van der Waals surface area contributed by atoms with Gasteiger partial charge in [0.15, 0.2) is 0 Å². The van der Waals surface area contributed by atoms with Gasteiger partial charge in [0.1, 0.15) is 0 Å². The van der Waals surface area contributed by atoms with Crippen LogP contribution in [-0.2, 0) is 4.79 Å². The summed E-state index contributed by atoms with van der Waals surface area (Å²) in [7, 11) is 0. The highest BCUT2D eigenvalue weighted by molar-refractivity contribution is 5.93. The minimum absolute atomic E-state index is 0.183. The van der Waals surface area contributed by atoms with Crippen molar-refractivity contribution in [3.8, 4) is 0 Å². The Bertz CT molecular complexity index is 190. The van der Waals surface area contributed by atoms with Gasteiger partial charge in [0.2, 0.25) is 5.91 Å². The minimum atomic E-state index is 0.183. The lowest BCUT2D eigenvalue weighted by Crippen LogP contribution is -2.33. The van der Waals surface area contributed by atoms with Crippen LogP contribution in [0.5, 0.6) is 0 Å². The second-order valence-corrected chi connectivity index (χ2v) is 3.38. The van der Waals surface area contributed by atoms with Gasteiger partial charge in [0.05, 0.1) is 0 Å². The average molecular weight is 183 g/mol. The summed E-state index contributed by atoms with van der Waals surface area (Å²) in [5.41, 5.74) is 0.920. The number of nitrogens with zero attached hydrogens (tertiary/aromatic N) is 1. The molecule has 0 aromatic heterocycles. The van der Waals surface area contributed by atoms with E-state index in [2.05, 4.69) is 13.8 Å². The molecule has 0 spiro atoms. The maximum atomic E-state index is 11.8. The molecule has 0 bridgehead atoms. The van der Waals surface area contributed by atoms with E-state index in [9.17, 15) is 4.79 Å². The number of hydrogen-bond donors (Lipinski definition) is 0. The van der Waals surface area contributed by atoms with Crippen LogP contribution in [0.25, 0.3) is 0 Å². The van der Waals surface area contributed by atoms with Gasteiger partial charge in [-0.1, -0.05) is 19.9 Å². The Morgan fingerprint density at radius 2 is 1.77 bits per heavy atom. The third kappa shape index (κ3) is 3.21. The van der Waals surface area contributed by atoms with Crippen molar-refractivity contribution in [2.75, 3.05) is 13.1 Å². The summed E-state index contributed by atoms with van der Waals surface area (Å²) in [5, 5.41) is 0. The Labute approximate surface area is 81.6 Å². The highest BCUT2D eigenvalue weighted by Gasteiger charge is 2.16. The molecule has 76 valence electrons. The van der Waals surface area contributed by atoms with Crippen LogP contribution < -0.4 is 0 Å². The number of allylic oxidation sites excluding steroid dienone is 1. The normalized spacial score (nSPS) is 12.0. The lowest BCUT2D eigenvalue weighted by atomic mass is 10.0. The second kappa shape index (κ2) is 5.79. The fourth-order valence-corrected chi connectivity index (χ4v) is 1.40. The monoisotopic (exact) mass is 183 g/mol. The number of likely N-dealkylation sites (N-methyl/N-ethyl adjacent to an activating group) is 1. The summed E-state index contributed by atoms with van der Waals surface area (Å²) in [6, 6.07) is 0. The Hall–Kier alpha value is -0.790. The molecular formula is C11H21NO. The molecule has 0 N–H and O–H groups in total. The predicted molar refractivity (Wildman–Crippen MR) is 56.5 cm³/mol. The quantitative estimate of drug-likeness (QED) is 0.613. The second-order valence-electron chi connectivity index (χ2n) is 3.38. The molecule has 0 saturated heterocycles. The zero-order chi connectivity index (χ0) is 10.4. The molecule has 0 aromatic carbocycles. The van der Waals surface area contributed by atoms with Gasteiger partial charge in [-0.2, -0.15) is 0 Å². The molecule has 2 nitrogen and oxygen atoms in total. The highest BCUT2D eigenvalue weighted by atomic mass is 16.2. The molecule has 0 heterocycles. The maximum absolute atomic E-state index is 11.8. The zero-order valence-corrected chi connectivity index (χ0v) is 9.42. The Balaban J connectivity index is 4.55. The van der Waals surface area contributed by atoms with Gasteiger partial charge in [0.25, 0.3) is 0 Å². The van der Waals surface area contributed by atoms with E-state index in [1.807, 2.05) is 31.7 Å². The van der Waals surface area contributed by atoms with Crippen molar-refractivity contribution in [2.45, 2.75) is 34.6 Å². The Morgan fingerprint density at radius 3 is 2.00 bits per heavy atom. The predicted octanol–water partition coefficient (Wildman–Crippen LogP) is 2.46. The summed E-state index contributed by atoms with van der Waals surface area (Å²) in [4.78, 5) is 13.7. The van der Waals surface area contributed by atoms with Crippen LogP contribution in [0.2, 0.25) is 0 Å². The van der Waals surface area contributed by atoms with Gasteiger partial charge in [-0.15, -0.1) is 0 Å². The van der Waals surface area contributed by atoms with E-state index in [0.717, 1.165) is 18.7 Å². The van der Waals surface area contributed by atoms with E-state index in [1.54, 1.807) is 0 Å². The summed E-state index contributed by atoms with van der Waals surface area (Å²) < 4.78 is 0. The smallest absolute Gasteiger partial charge is 0.249 e. The number of carbonyl (C=O) groups is 1. The Morgan fingerprint density at radius 1 is 1.31 bits per heavy atom. The van der Waals surface area contributed by atoms with E-state index < -0.39 is 0 Å². The van der Waals surface area contributed by atoms with E-state index in [0.29, 0.717) is 5.92 Å². The first-order valence-electron chi connectivity index (χ1n) is 5.03. The SMILES string of the molecule is C/C=C(/C(=O)N(CC)CC)C(C)C. The first-order chi connectivity index (χ1) is 6.08. The van der Waals surface area contributed by atoms with Crippen molar-refractivity contribution in [3.63, 3.8) is 0 Å². The molecule has 2 heteroatoms. The molecule has 0 rings (SSSR count). The molecule has 0 aliphatic carbocycles. The molecule has 0 radical (unpaired) electrons. The van der Waals surface area contributed by atoms with Gasteiger partial charge < -0.3 is 4.90 Å². The first-order valence-corrected chi connectivity index (χ1v) is 5.03. The van der Waals surface area contributed by atoms with Crippen molar-refractivity contribution in [2.24, 2.45) is 5.92 Å². The number of carbonyl (C=O) groups excluding carboxylic acids is 1. The standard InChI is InChI=1S/C11H21NO/c1-6-10(9(4)5)11(13)12(7-2)8-3/h6,9H,7-8H2,1-5H3/b10-6+. The highest BCUT2D eigenvalue weighted by Crippen LogP contribution is 2.12. The van der Waals surface area contributed by atoms with Gasteiger partial charge >= 0.3 is 0 Å². The van der Waals surface area contributed by atoms with Gasteiger partial charge in [0, 0.05) is 18.7 Å². The third-order valence-corrected chi connectivity index (χ3v) is 2.23. The molecule has 13 heavy (non-hydrogen) atoms. The van der Waals surface area contributed by atoms with E-state index >= 15 is 0 Å². The molecule has 0 aliphatic rings. The molecule has 0 fully saturated rings. The summed E-state index contributed by atoms with van der Waals surface area (Å²) in [6.45, 7) is 11.6. The third-order valence-electron chi connectivity index (χ3n) is 2.23. The largest absolute Gasteiger partial charge is 0.339 e.